The molecule has 1 N–H and O–H groups in total. The summed E-state index contributed by atoms with van der Waals surface area (Å²) in [6.07, 6.45) is 1.04. The van der Waals surface area contributed by atoms with Crippen LogP contribution in [0.15, 0.2) is 42.5 Å². The van der Waals surface area contributed by atoms with Gasteiger partial charge in [0.1, 0.15) is 12.6 Å². The Morgan fingerprint density at radius 2 is 1.68 bits per heavy atom. The molecule has 0 aliphatic carbocycles. The van der Waals surface area contributed by atoms with Gasteiger partial charge in [-0.15, -0.1) is 0 Å². The summed E-state index contributed by atoms with van der Waals surface area (Å²) in [5.74, 6) is -0.816. The zero-order valence-corrected chi connectivity index (χ0v) is 22.4. The second kappa shape index (κ2) is 10.8. The van der Waals surface area contributed by atoms with Crippen molar-refractivity contribution in [2.75, 3.05) is 17.1 Å². The Kier molecular flexibility index (Phi) is 8.77. The molecule has 0 spiro atoms. The average molecular weight is 508 g/mol. The fourth-order valence-corrected chi connectivity index (χ4v) is 4.56. The summed E-state index contributed by atoms with van der Waals surface area (Å²) in [5.41, 5.74) is 2.22. The van der Waals surface area contributed by atoms with Gasteiger partial charge in [-0.1, -0.05) is 41.9 Å². The van der Waals surface area contributed by atoms with E-state index in [-0.39, 0.29) is 12.5 Å². The Morgan fingerprint density at radius 3 is 2.24 bits per heavy atom. The van der Waals surface area contributed by atoms with Crippen molar-refractivity contribution < 1.29 is 18.0 Å². The Balaban J connectivity index is 2.47. The Labute approximate surface area is 208 Å². The minimum absolute atomic E-state index is 0.163. The highest BCUT2D eigenvalue weighted by Crippen LogP contribution is 2.28. The molecule has 0 fully saturated rings. The molecule has 2 aromatic carbocycles. The van der Waals surface area contributed by atoms with Crippen molar-refractivity contribution in [1.82, 2.24) is 10.2 Å². The Morgan fingerprint density at radius 1 is 1.06 bits per heavy atom. The first kappa shape index (κ1) is 27.7. The molecule has 186 valence electrons. The van der Waals surface area contributed by atoms with Gasteiger partial charge in [0.2, 0.25) is 21.8 Å². The molecule has 2 aromatic rings. The molecular formula is C25H34ClN3O4S. The number of nitrogens with one attached hydrogen (secondary N) is 1. The van der Waals surface area contributed by atoms with Crippen LogP contribution >= 0.6 is 11.6 Å². The molecule has 0 bridgehead atoms. The maximum Gasteiger partial charge on any atom is 0.244 e. The van der Waals surface area contributed by atoms with Crippen molar-refractivity contribution in [3.63, 3.8) is 0 Å². The molecule has 0 saturated heterocycles. The third-order valence-corrected chi connectivity index (χ3v) is 6.99. The number of halogens is 1. The van der Waals surface area contributed by atoms with Gasteiger partial charge in [-0.25, -0.2) is 8.42 Å². The molecule has 2 amide bonds. The second-order valence-electron chi connectivity index (χ2n) is 9.52. The van der Waals surface area contributed by atoms with Crippen LogP contribution in [0.25, 0.3) is 0 Å². The highest BCUT2D eigenvalue weighted by molar-refractivity contribution is 7.92. The first-order valence-corrected chi connectivity index (χ1v) is 13.2. The minimum atomic E-state index is -3.81. The number of hydrogen-bond donors (Lipinski definition) is 1. The van der Waals surface area contributed by atoms with E-state index in [0.717, 1.165) is 21.7 Å². The number of aryl methyl sites for hydroxylation is 1. The maximum absolute atomic E-state index is 13.6. The molecule has 0 aromatic heterocycles. The summed E-state index contributed by atoms with van der Waals surface area (Å²) in [6.45, 7) is 10.6. The maximum atomic E-state index is 13.6. The molecular weight excluding hydrogens is 474 g/mol. The zero-order valence-electron chi connectivity index (χ0n) is 20.8. The lowest BCUT2D eigenvalue weighted by atomic mass is 10.1. The van der Waals surface area contributed by atoms with Crippen molar-refractivity contribution in [3.8, 4) is 0 Å². The molecule has 2 rings (SSSR count). The number of nitrogens with zero attached hydrogens (tertiary/aromatic N) is 2. The summed E-state index contributed by atoms with van der Waals surface area (Å²) in [4.78, 5) is 28.0. The van der Waals surface area contributed by atoms with E-state index in [9.17, 15) is 18.0 Å². The molecule has 1 unspecified atom stereocenters. The molecule has 0 aliphatic rings. The fraction of sp³-hybridized carbons (Fsp3) is 0.440. The summed E-state index contributed by atoms with van der Waals surface area (Å²) in [7, 11) is -3.81. The lowest BCUT2D eigenvalue weighted by Crippen LogP contribution is -2.54. The van der Waals surface area contributed by atoms with Crippen molar-refractivity contribution in [2.24, 2.45) is 0 Å². The van der Waals surface area contributed by atoms with Crippen LogP contribution < -0.4 is 9.62 Å². The number of carbonyl (C=O) groups excluding carboxylic acids is 2. The Hall–Kier alpha value is -2.58. The number of hydrogen-bond acceptors (Lipinski definition) is 4. The molecule has 9 heteroatoms. The van der Waals surface area contributed by atoms with Crippen molar-refractivity contribution in [3.05, 3.63) is 64.2 Å². The molecule has 0 heterocycles. The largest absolute Gasteiger partial charge is 0.350 e. The molecule has 0 aliphatic heterocycles. The van der Waals surface area contributed by atoms with Gasteiger partial charge in [-0.05, 0) is 70.4 Å². The van der Waals surface area contributed by atoms with Gasteiger partial charge in [0.15, 0.2) is 0 Å². The number of rotatable bonds is 8. The summed E-state index contributed by atoms with van der Waals surface area (Å²) in [6, 6.07) is 11.7. The monoisotopic (exact) mass is 507 g/mol. The number of carbonyl (C=O) groups is 2. The van der Waals surface area contributed by atoms with E-state index >= 15 is 0 Å². The van der Waals surface area contributed by atoms with E-state index < -0.39 is 34.1 Å². The molecule has 1 atom stereocenters. The predicted octanol–water partition coefficient (Wildman–Crippen LogP) is 4.05. The quantitative estimate of drug-likeness (QED) is 0.583. The predicted molar refractivity (Wildman–Crippen MR) is 137 cm³/mol. The van der Waals surface area contributed by atoms with E-state index in [0.29, 0.717) is 16.3 Å². The standard InChI is InChI=1S/C25H34ClN3O4S/c1-17-11-8-9-12-20(17)15-28(19(3)24(31)27-25(4,5)6)23(30)16-29(34(7,32)33)22-14-10-13-21(26)18(22)2/h8-14,19H,15-16H2,1-7H3,(H,27,31). The van der Waals surface area contributed by atoms with Crippen LogP contribution in [0.1, 0.15) is 44.4 Å². The molecule has 0 saturated carbocycles. The number of sulfonamides is 1. The van der Waals surface area contributed by atoms with Crippen LogP contribution in [0, 0.1) is 13.8 Å². The van der Waals surface area contributed by atoms with Gasteiger partial charge < -0.3 is 10.2 Å². The van der Waals surface area contributed by atoms with Crippen molar-refractivity contribution >= 4 is 39.1 Å². The average Bonchev–Trinajstić information content (AvgIpc) is 2.71. The van der Waals surface area contributed by atoms with E-state index in [1.165, 1.54) is 4.90 Å². The Bertz CT molecular complexity index is 1160. The highest BCUT2D eigenvalue weighted by Gasteiger charge is 2.32. The van der Waals surface area contributed by atoms with E-state index in [1.807, 2.05) is 52.0 Å². The third kappa shape index (κ3) is 7.21. The van der Waals surface area contributed by atoms with Gasteiger partial charge in [-0.3, -0.25) is 13.9 Å². The van der Waals surface area contributed by atoms with Crippen LogP contribution in [0.5, 0.6) is 0 Å². The second-order valence-corrected chi connectivity index (χ2v) is 11.8. The molecule has 7 nitrogen and oxygen atoms in total. The lowest BCUT2D eigenvalue weighted by Gasteiger charge is -2.33. The van der Waals surface area contributed by atoms with Crippen LogP contribution in [0.2, 0.25) is 5.02 Å². The number of benzene rings is 2. The van der Waals surface area contributed by atoms with E-state index in [2.05, 4.69) is 5.32 Å². The zero-order chi connectivity index (χ0) is 25.8. The van der Waals surface area contributed by atoms with E-state index in [4.69, 9.17) is 11.6 Å². The topological polar surface area (TPSA) is 86.8 Å². The van der Waals surface area contributed by atoms with Crippen LogP contribution in [-0.4, -0.2) is 49.5 Å². The smallest absolute Gasteiger partial charge is 0.244 e. The summed E-state index contributed by atoms with van der Waals surface area (Å²) >= 11 is 6.22. The number of anilines is 1. The summed E-state index contributed by atoms with van der Waals surface area (Å²) in [5, 5.41) is 3.30. The minimum Gasteiger partial charge on any atom is -0.350 e. The van der Waals surface area contributed by atoms with Gasteiger partial charge in [0.05, 0.1) is 11.9 Å². The number of amides is 2. The SMILES string of the molecule is Cc1ccccc1CN(C(=O)CN(c1cccc(Cl)c1C)S(C)(=O)=O)C(C)C(=O)NC(C)(C)C. The van der Waals surface area contributed by atoms with Crippen LogP contribution in [-0.2, 0) is 26.2 Å². The normalized spacial score (nSPS) is 12.7. The fourth-order valence-electron chi connectivity index (χ4n) is 3.49. The first-order chi connectivity index (χ1) is 15.6. The van der Waals surface area contributed by atoms with Gasteiger partial charge in [-0.2, -0.15) is 0 Å². The van der Waals surface area contributed by atoms with Crippen LogP contribution in [0.3, 0.4) is 0 Å². The van der Waals surface area contributed by atoms with Crippen LogP contribution in [0.4, 0.5) is 5.69 Å². The van der Waals surface area contributed by atoms with Gasteiger partial charge in [0.25, 0.3) is 0 Å². The summed E-state index contributed by atoms with van der Waals surface area (Å²) < 4.78 is 26.4. The van der Waals surface area contributed by atoms with E-state index in [1.54, 1.807) is 32.0 Å². The first-order valence-electron chi connectivity index (χ1n) is 11.0. The van der Waals surface area contributed by atoms with Gasteiger partial charge in [0, 0.05) is 17.1 Å². The third-order valence-electron chi connectivity index (χ3n) is 5.45. The molecule has 34 heavy (non-hydrogen) atoms. The van der Waals surface area contributed by atoms with Crippen molar-refractivity contribution in [2.45, 2.75) is 59.7 Å². The highest BCUT2D eigenvalue weighted by atomic mass is 35.5. The van der Waals surface area contributed by atoms with Gasteiger partial charge >= 0.3 is 0 Å². The lowest BCUT2D eigenvalue weighted by molar-refractivity contribution is -0.140. The molecule has 0 radical (unpaired) electrons. The van der Waals surface area contributed by atoms with Crippen molar-refractivity contribution in [1.29, 1.82) is 0 Å².